The molecule has 0 aliphatic heterocycles. The van der Waals surface area contributed by atoms with E-state index in [1.54, 1.807) is 0 Å². The summed E-state index contributed by atoms with van der Waals surface area (Å²) in [6.07, 6.45) is 27.2. The normalized spacial score (nSPS) is 19.1. The first kappa shape index (κ1) is 54.3. The van der Waals surface area contributed by atoms with Crippen LogP contribution < -0.4 is 0 Å². The van der Waals surface area contributed by atoms with Crippen LogP contribution >= 0.6 is 45.2 Å². The van der Waals surface area contributed by atoms with Crippen molar-refractivity contribution >= 4 is 45.2 Å². The second kappa shape index (κ2) is 35.3. The zero-order chi connectivity index (χ0) is 40.0. The van der Waals surface area contributed by atoms with E-state index in [-0.39, 0.29) is 12.6 Å². The molecule has 320 valence electrons. The average Bonchev–Trinajstić information content (AvgIpc) is 3.02. The number of alkyl halides is 2. The van der Waals surface area contributed by atoms with Gasteiger partial charge in [-0.2, -0.15) is 0 Å². The zero-order valence-electron chi connectivity index (χ0n) is 37.9. The Kier molecular flexibility index (Phi) is 36.2. The highest BCUT2D eigenvalue weighted by Gasteiger charge is 2.21. The highest BCUT2D eigenvalue weighted by molar-refractivity contribution is 14.1. The monoisotopic (exact) mass is 975 g/mol. The second-order valence-electron chi connectivity index (χ2n) is 19.0. The van der Waals surface area contributed by atoms with Crippen molar-refractivity contribution in [2.45, 2.75) is 245 Å². The van der Waals surface area contributed by atoms with Gasteiger partial charge in [-0.25, -0.2) is 0 Å². The largest absolute Gasteiger partial charge is 0.353 e. The van der Waals surface area contributed by atoms with Crippen molar-refractivity contribution in [3.63, 3.8) is 0 Å². The van der Waals surface area contributed by atoms with Gasteiger partial charge in [0.15, 0.2) is 12.6 Å². The number of hydrogen-bond donors (Lipinski definition) is 0. The zero-order valence-corrected chi connectivity index (χ0v) is 42.2. The Bertz CT molecular complexity index is 716. The maximum Gasteiger partial charge on any atom is 0.160 e. The molecule has 0 aromatic rings. The van der Waals surface area contributed by atoms with Crippen LogP contribution in [0.25, 0.3) is 0 Å². The molecule has 0 saturated heterocycles. The van der Waals surface area contributed by atoms with Crippen LogP contribution in [0.5, 0.6) is 0 Å². The van der Waals surface area contributed by atoms with E-state index >= 15 is 0 Å². The van der Waals surface area contributed by atoms with Gasteiger partial charge in [0.1, 0.15) is 0 Å². The van der Waals surface area contributed by atoms with E-state index in [1.807, 2.05) is 0 Å². The molecule has 0 saturated carbocycles. The molecule has 5 heteroatoms. The van der Waals surface area contributed by atoms with Crippen molar-refractivity contribution in [3.8, 4) is 0 Å². The van der Waals surface area contributed by atoms with Gasteiger partial charge >= 0.3 is 0 Å². The van der Waals surface area contributed by atoms with Gasteiger partial charge in [-0.05, 0) is 137 Å². The fourth-order valence-corrected chi connectivity index (χ4v) is 11.1. The Hall–Kier alpha value is 1.34. The first-order chi connectivity index (χ1) is 25.1. The fraction of sp³-hybridized carbons (Fsp3) is 1.00. The lowest BCUT2D eigenvalue weighted by Gasteiger charge is -2.27. The molecule has 12 unspecified atom stereocenters. The number of unbranched alkanes of at least 4 members (excludes halogenated alkanes) is 6. The number of hydrogen-bond acceptors (Lipinski definition) is 3. The van der Waals surface area contributed by atoms with Gasteiger partial charge in [0.05, 0.1) is 0 Å². The highest BCUT2D eigenvalue weighted by Crippen LogP contribution is 2.30. The third-order valence-electron chi connectivity index (χ3n) is 11.5. The summed E-state index contributed by atoms with van der Waals surface area (Å²) in [5.74, 6) is 6.40. The molecule has 0 fully saturated rings. The van der Waals surface area contributed by atoms with Crippen molar-refractivity contribution in [3.05, 3.63) is 0 Å². The summed E-state index contributed by atoms with van der Waals surface area (Å²) in [7, 11) is 0. The summed E-state index contributed by atoms with van der Waals surface area (Å²) in [6.45, 7) is 30.7. The molecule has 0 amide bonds. The topological polar surface area (TPSA) is 27.7 Å². The van der Waals surface area contributed by atoms with Gasteiger partial charge in [0, 0.05) is 21.1 Å². The third-order valence-corrected chi connectivity index (χ3v) is 12.5. The standard InChI is InChI=1S/C48H96I2O3/c1-13-15-17-19-27-51-47(25-21-23-37(3)29-39(5)31-41(7)33-43(9)35-45(11)49)53-48(52-28-20-18-16-14-2)26-22-24-38(4)30-40(6)32-42(8)34-44(10)36-46(12)50/h37-48H,13-36H2,1-12H3. The quantitative estimate of drug-likeness (QED) is 0.0267. The predicted molar refractivity (Wildman–Crippen MR) is 254 cm³/mol. The minimum Gasteiger partial charge on any atom is -0.353 e. The predicted octanol–water partition coefficient (Wildman–Crippen LogP) is 17.0. The van der Waals surface area contributed by atoms with Gasteiger partial charge in [0.25, 0.3) is 0 Å². The Balaban J connectivity index is 5.11. The molecular formula is C48H96I2O3. The molecular weight excluding hydrogens is 878 g/mol. The molecule has 0 aromatic carbocycles. The number of rotatable bonds is 38. The Labute approximate surface area is 362 Å². The summed E-state index contributed by atoms with van der Waals surface area (Å²) in [4.78, 5) is 0. The van der Waals surface area contributed by atoms with Gasteiger partial charge in [-0.3, -0.25) is 0 Å². The van der Waals surface area contributed by atoms with Crippen molar-refractivity contribution in [2.75, 3.05) is 13.2 Å². The molecule has 0 spiro atoms. The molecule has 0 N–H and O–H groups in total. The van der Waals surface area contributed by atoms with Crippen molar-refractivity contribution < 1.29 is 14.2 Å². The number of halogens is 2. The maximum absolute atomic E-state index is 6.78. The van der Waals surface area contributed by atoms with E-state index in [1.165, 1.54) is 116 Å². The van der Waals surface area contributed by atoms with Crippen LogP contribution in [0.2, 0.25) is 0 Å². The van der Waals surface area contributed by atoms with Crippen LogP contribution in [0.3, 0.4) is 0 Å². The fourth-order valence-electron chi connectivity index (χ4n) is 9.35. The maximum atomic E-state index is 6.78. The smallest absolute Gasteiger partial charge is 0.160 e. The number of ether oxygens (including phenoxy) is 3. The van der Waals surface area contributed by atoms with Crippen molar-refractivity contribution in [2.24, 2.45) is 47.3 Å². The van der Waals surface area contributed by atoms with Crippen LogP contribution in [0.15, 0.2) is 0 Å². The van der Waals surface area contributed by atoms with E-state index in [0.29, 0.717) is 0 Å². The van der Waals surface area contributed by atoms with E-state index in [4.69, 9.17) is 14.2 Å². The molecule has 0 aliphatic carbocycles. The van der Waals surface area contributed by atoms with E-state index in [9.17, 15) is 0 Å². The van der Waals surface area contributed by atoms with E-state index < -0.39 is 0 Å². The summed E-state index contributed by atoms with van der Waals surface area (Å²) >= 11 is 5.17. The van der Waals surface area contributed by atoms with Crippen LogP contribution in [0, 0.1) is 47.3 Å². The van der Waals surface area contributed by atoms with Crippen molar-refractivity contribution in [1.82, 2.24) is 0 Å². The molecule has 0 radical (unpaired) electrons. The lowest BCUT2D eigenvalue weighted by atomic mass is 9.83. The van der Waals surface area contributed by atoms with Crippen LogP contribution in [-0.2, 0) is 14.2 Å². The van der Waals surface area contributed by atoms with E-state index in [2.05, 4.69) is 128 Å². The molecule has 0 aromatic heterocycles. The highest BCUT2D eigenvalue weighted by atomic mass is 127. The SMILES string of the molecule is CCCCCCOC(CCCC(C)CC(C)CC(C)CC(C)CC(C)I)OC(CCCC(C)CC(C)CC(C)CC(C)CC(C)I)OCCCCCC. The summed E-state index contributed by atoms with van der Waals surface area (Å²) < 4.78 is 21.4. The van der Waals surface area contributed by atoms with Crippen LogP contribution in [0.1, 0.15) is 224 Å². The molecule has 0 heterocycles. The van der Waals surface area contributed by atoms with Gasteiger partial charge < -0.3 is 14.2 Å². The summed E-state index contributed by atoms with van der Waals surface area (Å²) in [6, 6.07) is 0. The van der Waals surface area contributed by atoms with Crippen molar-refractivity contribution in [1.29, 1.82) is 0 Å². The van der Waals surface area contributed by atoms with Gasteiger partial charge in [-0.15, -0.1) is 0 Å². The molecule has 12 atom stereocenters. The first-order valence-corrected chi connectivity index (χ1v) is 25.8. The Morgan fingerprint density at radius 1 is 0.340 bits per heavy atom. The first-order valence-electron chi connectivity index (χ1n) is 23.3. The molecule has 0 bridgehead atoms. The van der Waals surface area contributed by atoms with E-state index in [0.717, 1.165) is 94.1 Å². The molecule has 0 rings (SSSR count). The molecule has 0 aliphatic rings. The molecule has 3 nitrogen and oxygen atoms in total. The molecule has 53 heavy (non-hydrogen) atoms. The third kappa shape index (κ3) is 35.0. The average molecular weight is 975 g/mol. The lowest BCUT2D eigenvalue weighted by molar-refractivity contribution is -0.250. The minimum atomic E-state index is -0.153. The van der Waals surface area contributed by atoms with Crippen LogP contribution in [-0.4, -0.2) is 33.6 Å². The lowest BCUT2D eigenvalue weighted by Crippen LogP contribution is -2.28. The Morgan fingerprint density at radius 2 is 0.642 bits per heavy atom. The van der Waals surface area contributed by atoms with Gasteiger partial charge in [-0.1, -0.05) is 180 Å². The summed E-state index contributed by atoms with van der Waals surface area (Å²) in [5.41, 5.74) is 0. The second-order valence-corrected chi connectivity index (χ2v) is 23.3. The summed E-state index contributed by atoms with van der Waals surface area (Å²) in [5, 5.41) is 0. The Morgan fingerprint density at radius 3 is 0.943 bits per heavy atom. The van der Waals surface area contributed by atoms with Gasteiger partial charge in [0.2, 0.25) is 0 Å². The van der Waals surface area contributed by atoms with Crippen LogP contribution in [0.4, 0.5) is 0 Å². The minimum absolute atomic E-state index is 0.153.